The molecule has 0 unspecified atom stereocenters. The number of carbonyl (C=O) groups is 2. The molecule has 2 amide bonds. The van der Waals surface area contributed by atoms with Crippen molar-refractivity contribution < 1.29 is 22.7 Å². The standard InChI is InChI=1S/C26H37N3O5S/c1-18-9-14-23(19(2)15-18)29(35(8,32)33)17-24(30)28(20(3)25(31)27-26(4,5)6)16-21-10-12-22(34-7)13-11-21/h9-15,20H,16-17H2,1-8H3,(H,27,31)/t20-/m0/s1. The van der Waals surface area contributed by atoms with Crippen molar-refractivity contribution in [3.8, 4) is 5.75 Å². The van der Waals surface area contributed by atoms with Crippen LogP contribution in [0.4, 0.5) is 5.69 Å². The van der Waals surface area contributed by atoms with Crippen LogP contribution in [-0.2, 0) is 26.2 Å². The molecule has 35 heavy (non-hydrogen) atoms. The molecule has 0 heterocycles. The van der Waals surface area contributed by atoms with Crippen LogP contribution in [0.25, 0.3) is 0 Å². The van der Waals surface area contributed by atoms with Crippen molar-refractivity contribution in [1.29, 1.82) is 0 Å². The SMILES string of the molecule is COc1ccc(CN(C(=O)CN(c2ccc(C)cc2C)S(C)(=O)=O)[C@@H](C)C(=O)NC(C)(C)C)cc1. The van der Waals surface area contributed by atoms with Gasteiger partial charge in [0.2, 0.25) is 21.8 Å². The van der Waals surface area contributed by atoms with Crippen LogP contribution in [-0.4, -0.2) is 56.6 Å². The lowest BCUT2D eigenvalue weighted by Gasteiger charge is -2.33. The van der Waals surface area contributed by atoms with Gasteiger partial charge >= 0.3 is 0 Å². The van der Waals surface area contributed by atoms with Gasteiger partial charge in [-0.1, -0.05) is 29.8 Å². The van der Waals surface area contributed by atoms with E-state index in [1.54, 1.807) is 45.2 Å². The molecule has 9 heteroatoms. The Morgan fingerprint density at radius 1 is 1.06 bits per heavy atom. The molecule has 8 nitrogen and oxygen atoms in total. The molecule has 0 radical (unpaired) electrons. The molecule has 0 aliphatic rings. The summed E-state index contributed by atoms with van der Waals surface area (Å²) >= 11 is 0. The van der Waals surface area contributed by atoms with Crippen LogP contribution in [0.3, 0.4) is 0 Å². The van der Waals surface area contributed by atoms with E-state index in [9.17, 15) is 18.0 Å². The van der Waals surface area contributed by atoms with E-state index >= 15 is 0 Å². The monoisotopic (exact) mass is 503 g/mol. The Balaban J connectivity index is 2.43. The normalized spacial score (nSPS) is 12.6. The van der Waals surface area contributed by atoms with Crippen molar-refractivity contribution in [1.82, 2.24) is 10.2 Å². The molecule has 2 aromatic carbocycles. The Kier molecular flexibility index (Phi) is 8.94. The molecule has 0 bridgehead atoms. The van der Waals surface area contributed by atoms with E-state index in [1.807, 2.05) is 45.9 Å². The van der Waals surface area contributed by atoms with Crippen molar-refractivity contribution in [3.05, 3.63) is 59.2 Å². The number of rotatable bonds is 9. The number of anilines is 1. The highest BCUT2D eigenvalue weighted by Crippen LogP contribution is 2.24. The van der Waals surface area contributed by atoms with Gasteiger partial charge in [-0.05, 0) is 70.9 Å². The number of carbonyl (C=O) groups excluding carboxylic acids is 2. The number of hydrogen-bond donors (Lipinski definition) is 1. The highest BCUT2D eigenvalue weighted by molar-refractivity contribution is 7.92. The van der Waals surface area contributed by atoms with Gasteiger partial charge in [0.1, 0.15) is 18.3 Å². The summed E-state index contributed by atoms with van der Waals surface area (Å²) in [6.07, 6.45) is 1.07. The van der Waals surface area contributed by atoms with Crippen LogP contribution in [0.1, 0.15) is 44.4 Å². The van der Waals surface area contributed by atoms with Crippen molar-refractivity contribution in [2.45, 2.75) is 59.7 Å². The third-order valence-electron chi connectivity index (χ3n) is 5.48. The molecule has 0 aromatic heterocycles. The largest absolute Gasteiger partial charge is 0.497 e. The average Bonchev–Trinajstić information content (AvgIpc) is 2.74. The maximum absolute atomic E-state index is 13.6. The number of sulfonamides is 1. The van der Waals surface area contributed by atoms with Crippen molar-refractivity contribution in [2.24, 2.45) is 0 Å². The fourth-order valence-corrected chi connectivity index (χ4v) is 4.57. The lowest BCUT2D eigenvalue weighted by atomic mass is 10.1. The van der Waals surface area contributed by atoms with Gasteiger partial charge in [-0.15, -0.1) is 0 Å². The summed E-state index contributed by atoms with van der Waals surface area (Å²) < 4.78 is 31.7. The summed E-state index contributed by atoms with van der Waals surface area (Å²) in [7, 11) is -2.20. The fourth-order valence-electron chi connectivity index (χ4n) is 3.66. The second kappa shape index (κ2) is 11.1. The van der Waals surface area contributed by atoms with E-state index in [1.165, 1.54) is 4.90 Å². The Morgan fingerprint density at radius 2 is 1.66 bits per heavy atom. The average molecular weight is 504 g/mol. The third-order valence-corrected chi connectivity index (χ3v) is 6.60. The number of ether oxygens (including phenoxy) is 1. The molecule has 2 aromatic rings. The van der Waals surface area contributed by atoms with Gasteiger partial charge in [-0.25, -0.2) is 8.42 Å². The van der Waals surface area contributed by atoms with Crippen LogP contribution in [0.15, 0.2) is 42.5 Å². The zero-order valence-electron chi connectivity index (χ0n) is 21.9. The van der Waals surface area contributed by atoms with Gasteiger partial charge < -0.3 is 15.0 Å². The maximum atomic E-state index is 13.6. The lowest BCUT2D eigenvalue weighted by Crippen LogP contribution is -2.54. The minimum Gasteiger partial charge on any atom is -0.497 e. The first-order valence-corrected chi connectivity index (χ1v) is 13.3. The highest BCUT2D eigenvalue weighted by Gasteiger charge is 2.31. The van der Waals surface area contributed by atoms with E-state index in [0.29, 0.717) is 11.4 Å². The summed E-state index contributed by atoms with van der Waals surface area (Å²) in [6, 6.07) is 11.7. The summed E-state index contributed by atoms with van der Waals surface area (Å²) in [5.74, 6) is -0.136. The quantitative estimate of drug-likeness (QED) is 0.566. The summed E-state index contributed by atoms with van der Waals surface area (Å²) in [5.41, 5.74) is 2.45. The molecule has 192 valence electrons. The number of benzene rings is 2. The second-order valence-electron chi connectivity index (χ2n) is 9.84. The van der Waals surface area contributed by atoms with Gasteiger partial charge in [0.15, 0.2) is 0 Å². The first-order chi connectivity index (χ1) is 16.1. The topological polar surface area (TPSA) is 96.0 Å². The summed E-state index contributed by atoms with van der Waals surface area (Å²) in [4.78, 5) is 28.0. The predicted octanol–water partition coefficient (Wildman–Crippen LogP) is 3.41. The summed E-state index contributed by atoms with van der Waals surface area (Å²) in [5, 5.41) is 2.90. The van der Waals surface area contributed by atoms with Crippen molar-refractivity contribution >= 4 is 27.5 Å². The van der Waals surface area contributed by atoms with Crippen molar-refractivity contribution in [3.63, 3.8) is 0 Å². The first kappa shape index (κ1) is 28.2. The smallest absolute Gasteiger partial charge is 0.244 e. The molecular formula is C26H37N3O5S. The van der Waals surface area contributed by atoms with E-state index in [0.717, 1.165) is 27.3 Å². The van der Waals surface area contributed by atoms with Crippen molar-refractivity contribution in [2.75, 3.05) is 24.2 Å². The van der Waals surface area contributed by atoms with Crippen LogP contribution in [0, 0.1) is 13.8 Å². The number of hydrogen-bond acceptors (Lipinski definition) is 5. The third kappa shape index (κ3) is 7.99. The minimum absolute atomic E-state index is 0.131. The van der Waals surface area contributed by atoms with Gasteiger partial charge in [0, 0.05) is 12.1 Å². The Morgan fingerprint density at radius 3 is 2.14 bits per heavy atom. The zero-order chi connectivity index (χ0) is 26.6. The van der Waals surface area contributed by atoms with Gasteiger partial charge in [-0.2, -0.15) is 0 Å². The minimum atomic E-state index is -3.77. The van der Waals surface area contributed by atoms with Crippen LogP contribution >= 0.6 is 0 Å². The molecule has 0 aliphatic heterocycles. The Bertz CT molecular complexity index is 1150. The molecule has 0 spiro atoms. The summed E-state index contributed by atoms with van der Waals surface area (Å²) in [6.45, 7) is 10.7. The highest BCUT2D eigenvalue weighted by atomic mass is 32.2. The number of nitrogens with zero attached hydrogens (tertiary/aromatic N) is 2. The zero-order valence-corrected chi connectivity index (χ0v) is 22.7. The molecule has 0 aliphatic carbocycles. The molecule has 1 N–H and O–H groups in total. The van der Waals surface area contributed by atoms with E-state index in [4.69, 9.17) is 4.74 Å². The second-order valence-corrected chi connectivity index (χ2v) is 11.8. The molecular weight excluding hydrogens is 466 g/mol. The molecule has 2 rings (SSSR count). The number of nitrogens with one attached hydrogen (secondary N) is 1. The first-order valence-electron chi connectivity index (χ1n) is 11.4. The van der Waals surface area contributed by atoms with Gasteiger partial charge in [0.05, 0.1) is 19.1 Å². The Labute approximate surface area is 209 Å². The fraction of sp³-hybridized carbons (Fsp3) is 0.462. The Hall–Kier alpha value is -3.07. The molecule has 0 saturated carbocycles. The van der Waals surface area contributed by atoms with E-state index in [-0.39, 0.29) is 12.5 Å². The maximum Gasteiger partial charge on any atom is 0.244 e. The molecule has 1 atom stereocenters. The van der Waals surface area contributed by atoms with Gasteiger partial charge in [-0.3, -0.25) is 13.9 Å². The van der Waals surface area contributed by atoms with Crippen LogP contribution in [0.2, 0.25) is 0 Å². The predicted molar refractivity (Wildman–Crippen MR) is 139 cm³/mol. The van der Waals surface area contributed by atoms with E-state index in [2.05, 4.69) is 5.32 Å². The van der Waals surface area contributed by atoms with E-state index < -0.39 is 34.1 Å². The number of amides is 2. The lowest BCUT2D eigenvalue weighted by molar-refractivity contribution is -0.140. The molecule has 0 fully saturated rings. The molecule has 0 saturated heterocycles. The van der Waals surface area contributed by atoms with Gasteiger partial charge in [0.25, 0.3) is 0 Å². The number of methoxy groups -OCH3 is 1. The number of aryl methyl sites for hydroxylation is 2. The van der Waals surface area contributed by atoms with Crippen LogP contribution < -0.4 is 14.4 Å². The van der Waals surface area contributed by atoms with Crippen LogP contribution in [0.5, 0.6) is 5.75 Å².